The number of para-hydroxylation sites is 1. The quantitative estimate of drug-likeness (QED) is 0.515. The van der Waals surface area contributed by atoms with Gasteiger partial charge in [-0.15, -0.1) is 0 Å². The van der Waals surface area contributed by atoms with Crippen LogP contribution in [0.4, 0.5) is 5.69 Å². The Kier molecular flexibility index (Phi) is 4.61. The summed E-state index contributed by atoms with van der Waals surface area (Å²) in [5.41, 5.74) is 4.68. The molecule has 0 atom stereocenters. The molecule has 0 aliphatic rings. The number of pyridine rings is 1. The molecule has 0 saturated carbocycles. The van der Waals surface area contributed by atoms with Gasteiger partial charge in [0.1, 0.15) is 0 Å². The van der Waals surface area contributed by atoms with E-state index in [1.54, 1.807) is 25.1 Å². The molecule has 0 saturated heterocycles. The smallest absolute Gasteiger partial charge is 0.262 e. The van der Waals surface area contributed by atoms with E-state index in [2.05, 4.69) is 9.71 Å². The van der Waals surface area contributed by atoms with Crippen LogP contribution in [0.3, 0.4) is 0 Å². The number of hydrogen-bond acceptors (Lipinski definition) is 3. The SMILES string of the molecule is Cc1ccc(C)c(S(=O)(=O)Nc2cccc(-c3ccc4ccccc4n3)c2)c1. The summed E-state index contributed by atoms with van der Waals surface area (Å²) in [7, 11) is -3.67. The Labute approximate surface area is 164 Å². The summed E-state index contributed by atoms with van der Waals surface area (Å²) in [6.07, 6.45) is 0. The summed E-state index contributed by atoms with van der Waals surface area (Å²) in [4.78, 5) is 4.98. The lowest BCUT2D eigenvalue weighted by Gasteiger charge is -2.12. The molecular formula is C23H20N2O2S. The Morgan fingerprint density at radius 3 is 2.50 bits per heavy atom. The van der Waals surface area contributed by atoms with E-state index in [1.165, 1.54) is 0 Å². The van der Waals surface area contributed by atoms with Crippen molar-refractivity contribution in [2.24, 2.45) is 0 Å². The molecule has 1 N–H and O–H groups in total. The van der Waals surface area contributed by atoms with Crippen molar-refractivity contribution in [2.75, 3.05) is 4.72 Å². The number of hydrogen-bond donors (Lipinski definition) is 1. The molecule has 140 valence electrons. The van der Waals surface area contributed by atoms with E-state index >= 15 is 0 Å². The predicted molar refractivity (Wildman–Crippen MR) is 114 cm³/mol. The highest BCUT2D eigenvalue weighted by Gasteiger charge is 2.17. The van der Waals surface area contributed by atoms with Crippen LogP contribution in [0, 0.1) is 13.8 Å². The maximum atomic E-state index is 12.9. The van der Waals surface area contributed by atoms with Gasteiger partial charge in [0.15, 0.2) is 0 Å². The first-order valence-corrected chi connectivity index (χ1v) is 10.5. The minimum Gasteiger partial charge on any atom is -0.280 e. The van der Waals surface area contributed by atoms with Crippen LogP contribution in [0.2, 0.25) is 0 Å². The first-order valence-electron chi connectivity index (χ1n) is 8.99. The second-order valence-electron chi connectivity index (χ2n) is 6.84. The highest BCUT2D eigenvalue weighted by Crippen LogP contribution is 2.26. The summed E-state index contributed by atoms with van der Waals surface area (Å²) < 4.78 is 28.4. The molecule has 4 nitrogen and oxygen atoms in total. The van der Waals surface area contributed by atoms with Crippen molar-refractivity contribution in [2.45, 2.75) is 18.7 Å². The predicted octanol–water partition coefficient (Wildman–Crippen LogP) is 5.32. The third-order valence-electron chi connectivity index (χ3n) is 4.64. The van der Waals surface area contributed by atoms with Gasteiger partial charge in [0.05, 0.1) is 16.1 Å². The van der Waals surface area contributed by atoms with Gasteiger partial charge in [0.2, 0.25) is 0 Å². The molecule has 0 aliphatic carbocycles. The lowest BCUT2D eigenvalue weighted by molar-refractivity contribution is 0.600. The molecule has 5 heteroatoms. The second-order valence-corrected chi connectivity index (χ2v) is 8.50. The van der Waals surface area contributed by atoms with Gasteiger partial charge >= 0.3 is 0 Å². The molecule has 0 bridgehead atoms. The van der Waals surface area contributed by atoms with Gasteiger partial charge in [-0.1, -0.05) is 48.5 Å². The van der Waals surface area contributed by atoms with Crippen LogP contribution in [-0.2, 0) is 10.0 Å². The van der Waals surface area contributed by atoms with Crippen molar-refractivity contribution in [1.29, 1.82) is 0 Å². The number of aromatic nitrogens is 1. The van der Waals surface area contributed by atoms with Crippen LogP contribution in [0.15, 0.2) is 83.8 Å². The Bertz CT molecular complexity index is 1280. The van der Waals surface area contributed by atoms with Crippen molar-refractivity contribution < 1.29 is 8.42 Å². The zero-order valence-corrected chi connectivity index (χ0v) is 16.5. The summed E-state index contributed by atoms with van der Waals surface area (Å²) in [6.45, 7) is 3.67. The fourth-order valence-corrected chi connectivity index (χ4v) is 4.56. The lowest BCUT2D eigenvalue weighted by atomic mass is 10.1. The topological polar surface area (TPSA) is 59.1 Å². The van der Waals surface area contributed by atoms with Crippen LogP contribution in [0.25, 0.3) is 22.2 Å². The third-order valence-corrected chi connectivity index (χ3v) is 6.17. The van der Waals surface area contributed by atoms with Gasteiger partial charge in [0, 0.05) is 16.6 Å². The van der Waals surface area contributed by atoms with Crippen molar-refractivity contribution in [3.63, 3.8) is 0 Å². The fraction of sp³-hybridized carbons (Fsp3) is 0.0870. The standard InChI is InChI=1S/C23H20N2O2S/c1-16-10-11-17(2)23(14-16)28(26,27)25-20-8-5-7-19(15-20)22-13-12-18-6-3-4-9-21(18)24-22/h3-15,25H,1-2H3. The highest BCUT2D eigenvalue weighted by molar-refractivity contribution is 7.92. The number of anilines is 1. The first kappa shape index (κ1) is 18.2. The summed E-state index contributed by atoms with van der Waals surface area (Å²) in [5.74, 6) is 0. The Hall–Kier alpha value is -3.18. The Morgan fingerprint density at radius 1 is 0.821 bits per heavy atom. The van der Waals surface area contributed by atoms with E-state index in [9.17, 15) is 8.42 Å². The average Bonchev–Trinajstić information content (AvgIpc) is 2.69. The maximum absolute atomic E-state index is 12.9. The molecular weight excluding hydrogens is 368 g/mol. The molecule has 0 unspecified atom stereocenters. The number of rotatable bonds is 4. The van der Waals surface area contributed by atoms with Crippen molar-refractivity contribution in [3.8, 4) is 11.3 Å². The van der Waals surface area contributed by atoms with Gasteiger partial charge in [-0.2, -0.15) is 0 Å². The normalized spacial score (nSPS) is 11.5. The number of benzene rings is 3. The highest BCUT2D eigenvalue weighted by atomic mass is 32.2. The van der Waals surface area contributed by atoms with Crippen LogP contribution >= 0.6 is 0 Å². The van der Waals surface area contributed by atoms with Crippen LogP contribution < -0.4 is 4.72 Å². The molecule has 0 fully saturated rings. The van der Waals surface area contributed by atoms with Crippen molar-refractivity contribution in [1.82, 2.24) is 4.98 Å². The number of nitrogens with one attached hydrogen (secondary N) is 1. The minimum absolute atomic E-state index is 0.293. The van der Waals surface area contributed by atoms with Gasteiger partial charge in [0.25, 0.3) is 10.0 Å². The molecule has 0 spiro atoms. The third kappa shape index (κ3) is 3.62. The van der Waals surface area contributed by atoms with E-state index < -0.39 is 10.0 Å². The Morgan fingerprint density at radius 2 is 1.64 bits per heavy atom. The minimum atomic E-state index is -3.67. The van der Waals surface area contributed by atoms with Crippen molar-refractivity contribution >= 4 is 26.6 Å². The molecule has 0 radical (unpaired) electrons. The largest absolute Gasteiger partial charge is 0.280 e. The van der Waals surface area contributed by atoms with Gasteiger partial charge in [-0.05, 0) is 55.3 Å². The summed E-state index contributed by atoms with van der Waals surface area (Å²) in [6, 6.07) is 24.6. The van der Waals surface area contributed by atoms with E-state index in [4.69, 9.17) is 0 Å². The molecule has 1 aromatic heterocycles. The second kappa shape index (κ2) is 7.09. The van der Waals surface area contributed by atoms with Crippen LogP contribution in [0.5, 0.6) is 0 Å². The molecule has 4 rings (SSSR count). The average molecular weight is 388 g/mol. The number of sulfonamides is 1. The van der Waals surface area contributed by atoms with Crippen molar-refractivity contribution in [3.05, 3.63) is 90.0 Å². The van der Waals surface area contributed by atoms with E-state index in [0.717, 1.165) is 27.7 Å². The summed E-state index contributed by atoms with van der Waals surface area (Å²) in [5, 5.41) is 1.07. The lowest BCUT2D eigenvalue weighted by Crippen LogP contribution is -2.14. The molecule has 1 heterocycles. The number of aryl methyl sites for hydroxylation is 2. The summed E-state index contributed by atoms with van der Waals surface area (Å²) >= 11 is 0. The van der Waals surface area contributed by atoms with Gasteiger partial charge in [-0.25, -0.2) is 13.4 Å². The van der Waals surface area contributed by atoms with E-state index in [1.807, 2.05) is 67.6 Å². The van der Waals surface area contributed by atoms with E-state index in [-0.39, 0.29) is 0 Å². The molecule has 3 aromatic carbocycles. The molecule has 28 heavy (non-hydrogen) atoms. The Balaban J connectivity index is 1.69. The number of nitrogens with zero attached hydrogens (tertiary/aromatic N) is 1. The van der Waals surface area contributed by atoms with Gasteiger partial charge < -0.3 is 0 Å². The van der Waals surface area contributed by atoms with Crippen LogP contribution in [0.1, 0.15) is 11.1 Å². The van der Waals surface area contributed by atoms with Crippen LogP contribution in [-0.4, -0.2) is 13.4 Å². The maximum Gasteiger partial charge on any atom is 0.262 e. The van der Waals surface area contributed by atoms with E-state index in [0.29, 0.717) is 16.1 Å². The molecule has 0 aliphatic heterocycles. The fourth-order valence-electron chi connectivity index (χ4n) is 3.18. The molecule has 4 aromatic rings. The first-order chi connectivity index (χ1) is 13.4. The zero-order valence-electron chi connectivity index (χ0n) is 15.7. The number of fused-ring (bicyclic) bond motifs is 1. The molecule has 0 amide bonds. The monoisotopic (exact) mass is 388 g/mol. The zero-order chi connectivity index (χ0) is 19.7. The van der Waals surface area contributed by atoms with Gasteiger partial charge in [-0.3, -0.25) is 4.72 Å².